The maximum Gasteiger partial charge on any atom is 0.303 e. The molecule has 6 nitrogen and oxygen atoms in total. The standard InChI is InChI=1S/C13H16N4O2/c1-10(7-13(18)19)9-17-12(14-15-16-17)8-11-5-3-2-4-6-11/h2-6,10H,7-9H2,1H3,(H,18,19). The highest BCUT2D eigenvalue weighted by atomic mass is 16.4. The molecule has 0 spiro atoms. The van der Waals surface area contributed by atoms with E-state index in [1.807, 2.05) is 37.3 Å². The number of benzene rings is 1. The van der Waals surface area contributed by atoms with Gasteiger partial charge in [-0.2, -0.15) is 0 Å². The van der Waals surface area contributed by atoms with E-state index in [1.54, 1.807) is 4.68 Å². The summed E-state index contributed by atoms with van der Waals surface area (Å²) in [6.07, 6.45) is 0.762. The molecule has 1 aromatic carbocycles. The summed E-state index contributed by atoms with van der Waals surface area (Å²) in [5.74, 6) is -0.0517. The van der Waals surface area contributed by atoms with Gasteiger partial charge in [0, 0.05) is 19.4 Å². The van der Waals surface area contributed by atoms with Crippen molar-refractivity contribution in [3.05, 3.63) is 41.7 Å². The molecule has 6 heteroatoms. The Morgan fingerprint density at radius 2 is 2.11 bits per heavy atom. The van der Waals surface area contributed by atoms with Gasteiger partial charge in [0.2, 0.25) is 0 Å². The third kappa shape index (κ3) is 3.87. The van der Waals surface area contributed by atoms with E-state index in [2.05, 4.69) is 15.5 Å². The summed E-state index contributed by atoms with van der Waals surface area (Å²) in [6, 6.07) is 9.92. The molecule has 0 fully saturated rings. The number of carbonyl (C=O) groups is 1. The maximum atomic E-state index is 10.7. The van der Waals surface area contributed by atoms with Crippen LogP contribution in [0.3, 0.4) is 0 Å². The molecule has 0 aliphatic heterocycles. The van der Waals surface area contributed by atoms with E-state index >= 15 is 0 Å². The van der Waals surface area contributed by atoms with Gasteiger partial charge in [0.05, 0.1) is 0 Å². The molecule has 0 saturated heterocycles. The highest BCUT2D eigenvalue weighted by Gasteiger charge is 2.13. The van der Waals surface area contributed by atoms with Gasteiger partial charge in [-0.25, -0.2) is 4.68 Å². The Morgan fingerprint density at radius 3 is 2.79 bits per heavy atom. The predicted octanol–water partition coefficient (Wildman–Crippen LogP) is 1.37. The number of aromatic nitrogens is 4. The second-order valence-electron chi connectivity index (χ2n) is 4.64. The maximum absolute atomic E-state index is 10.7. The molecule has 1 aromatic heterocycles. The van der Waals surface area contributed by atoms with E-state index in [9.17, 15) is 4.79 Å². The molecule has 0 aliphatic carbocycles. The van der Waals surface area contributed by atoms with Crippen molar-refractivity contribution >= 4 is 5.97 Å². The van der Waals surface area contributed by atoms with Crippen LogP contribution >= 0.6 is 0 Å². The minimum Gasteiger partial charge on any atom is -0.481 e. The van der Waals surface area contributed by atoms with Crippen LogP contribution in [0.15, 0.2) is 30.3 Å². The van der Waals surface area contributed by atoms with Gasteiger partial charge in [-0.1, -0.05) is 37.3 Å². The first-order valence-corrected chi connectivity index (χ1v) is 6.16. The SMILES string of the molecule is CC(CC(=O)O)Cn1nnnc1Cc1ccccc1. The quantitative estimate of drug-likeness (QED) is 0.848. The summed E-state index contributed by atoms with van der Waals surface area (Å²) in [5.41, 5.74) is 1.13. The number of hydrogen-bond acceptors (Lipinski definition) is 4. The molecule has 2 rings (SSSR count). The van der Waals surface area contributed by atoms with Gasteiger partial charge in [0.1, 0.15) is 0 Å². The average molecular weight is 260 g/mol. The molecular formula is C13H16N4O2. The molecule has 1 atom stereocenters. The van der Waals surface area contributed by atoms with Crippen molar-refractivity contribution in [2.75, 3.05) is 0 Å². The fourth-order valence-electron chi connectivity index (χ4n) is 1.93. The molecule has 0 saturated carbocycles. The Bertz CT molecular complexity index is 539. The lowest BCUT2D eigenvalue weighted by atomic mass is 10.1. The van der Waals surface area contributed by atoms with Crippen molar-refractivity contribution in [3.63, 3.8) is 0 Å². The predicted molar refractivity (Wildman–Crippen MR) is 68.5 cm³/mol. The van der Waals surface area contributed by atoms with Gasteiger partial charge in [-0.3, -0.25) is 4.79 Å². The van der Waals surface area contributed by atoms with E-state index in [-0.39, 0.29) is 12.3 Å². The number of nitrogens with zero attached hydrogens (tertiary/aromatic N) is 4. The van der Waals surface area contributed by atoms with E-state index < -0.39 is 5.97 Å². The molecule has 0 amide bonds. The summed E-state index contributed by atoms with van der Waals surface area (Å²) in [4.78, 5) is 10.7. The summed E-state index contributed by atoms with van der Waals surface area (Å²) >= 11 is 0. The third-order valence-corrected chi connectivity index (χ3v) is 2.82. The Kier molecular flexibility index (Phi) is 4.22. The third-order valence-electron chi connectivity index (χ3n) is 2.82. The lowest BCUT2D eigenvalue weighted by molar-refractivity contribution is -0.138. The van der Waals surface area contributed by atoms with Crippen LogP contribution in [0.4, 0.5) is 0 Å². The number of tetrazole rings is 1. The van der Waals surface area contributed by atoms with Crippen molar-refractivity contribution in [1.29, 1.82) is 0 Å². The van der Waals surface area contributed by atoms with Crippen LogP contribution in [-0.2, 0) is 17.8 Å². The van der Waals surface area contributed by atoms with Crippen molar-refractivity contribution < 1.29 is 9.90 Å². The van der Waals surface area contributed by atoms with E-state index in [0.29, 0.717) is 13.0 Å². The molecular weight excluding hydrogens is 244 g/mol. The van der Waals surface area contributed by atoms with Crippen LogP contribution < -0.4 is 0 Å². The van der Waals surface area contributed by atoms with Gasteiger partial charge in [0.15, 0.2) is 5.82 Å². The molecule has 1 heterocycles. The number of aliphatic carboxylic acids is 1. The van der Waals surface area contributed by atoms with Crippen molar-refractivity contribution in [2.24, 2.45) is 5.92 Å². The van der Waals surface area contributed by atoms with Crippen LogP contribution in [-0.4, -0.2) is 31.3 Å². The Balaban J connectivity index is 2.03. The lowest BCUT2D eigenvalue weighted by Crippen LogP contribution is -2.15. The number of hydrogen-bond donors (Lipinski definition) is 1. The van der Waals surface area contributed by atoms with Gasteiger partial charge >= 0.3 is 5.97 Å². The van der Waals surface area contributed by atoms with Crippen LogP contribution in [0.1, 0.15) is 24.7 Å². The van der Waals surface area contributed by atoms with Crippen molar-refractivity contribution in [2.45, 2.75) is 26.3 Å². The molecule has 0 aliphatic rings. The molecule has 19 heavy (non-hydrogen) atoms. The zero-order valence-corrected chi connectivity index (χ0v) is 10.7. The fourth-order valence-corrected chi connectivity index (χ4v) is 1.93. The smallest absolute Gasteiger partial charge is 0.303 e. The second-order valence-corrected chi connectivity index (χ2v) is 4.64. The van der Waals surface area contributed by atoms with E-state index in [4.69, 9.17) is 5.11 Å². The van der Waals surface area contributed by atoms with Gasteiger partial charge < -0.3 is 5.11 Å². The van der Waals surface area contributed by atoms with Crippen molar-refractivity contribution in [3.8, 4) is 0 Å². The zero-order valence-electron chi connectivity index (χ0n) is 10.7. The fraction of sp³-hybridized carbons (Fsp3) is 0.385. The zero-order chi connectivity index (χ0) is 13.7. The van der Waals surface area contributed by atoms with Gasteiger partial charge in [-0.15, -0.1) is 5.10 Å². The largest absolute Gasteiger partial charge is 0.481 e. The van der Waals surface area contributed by atoms with Crippen LogP contribution in [0.5, 0.6) is 0 Å². The summed E-state index contributed by atoms with van der Waals surface area (Å²) in [6.45, 7) is 2.39. The number of rotatable bonds is 6. The summed E-state index contributed by atoms with van der Waals surface area (Å²) in [7, 11) is 0. The monoisotopic (exact) mass is 260 g/mol. The van der Waals surface area contributed by atoms with E-state index in [1.165, 1.54) is 0 Å². The molecule has 2 aromatic rings. The minimum atomic E-state index is -0.801. The number of carboxylic acid groups (broad SMARTS) is 1. The second kappa shape index (κ2) is 6.08. The average Bonchev–Trinajstić information content (AvgIpc) is 2.77. The van der Waals surface area contributed by atoms with Crippen LogP contribution in [0, 0.1) is 5.92 Å². The highest BCUT2D eigenvalue weighted by molar-refractivity contribution is 5.66. The van der Waals surface area contributed by atoms with Gasteiger partial charge in [-0.05, 0) is 21.9 Å². The first-order valence-electron chi connectivity index (χ1n) is 6.16. The topological polar surface area (TPSA) is 80.9 Å². The van der Waals surface area contributed by atoms with Gasteiger partial charge in [0.25, 0.3) is 0 Å². The normalized spacial score (nSPS) is 12.3. The summed E-state index contributed by atoms with van der Waals surface area (Å²) < 4.78 is 1.68. The summed E-state index contributed by atoms with van der Waals surface area (Å²) in [5, 5.41) is 20.3. The molecule has 1 unspecified atom stereocenters. The van der Waals surface area contributed by atoms with Crippen molar-refractivity contribution in [1.82, 2.24) is 20.2 Å². The first-order chi connectivity index (χ1) is 9.15. The van der Waals surface area contributed by atoms with Crippen LogP contribution in [0.25, 0.3) is 0 Å². The minimum absolute atomic E-state index is 0.00415. The lowest BCUT2D eigenvalue weighted by Gasteiger charge is -2.09. The Labute approximate surface area is 111 Å². The molecule has 1 N–H and O–H groups in total. The molecule has 100 valence electrons. The van der Waals surface area contributed by atoms with E-state index in [0.717, 1.165) is 11.4 Å². The number of carboxylic acids is 1. The molecule has 0 bridgehead atoms. The highest BCUT2D eigenvalue weighted by Crippen LogP contribution is 2.09. The Morgan fingerprint density at radius 1 is 1.37 bits per heavy atom. The Hall–Kier alpha value is -2.24. The van der Waals surface area contributed by atoms with Crippen LogP contribution in [0.2, 0.25) is 0 Å². The first kappa shape index (κ1) is 13.2. The molecule has 0 radical (unpaired) electrons.